The smallest absolute Gasteiger partial charge is 0.0716 e. The highest BCUT2D eigenvalue weighted by Gasteiger charge is 2.19. The second-order valence-electron chi connectivity index (χ2n) is 10.5. The van der Waals surface area contributed by atoms with Gasteiger partial charge in [0.1, 0.15) is 0 Å². The molecule has 1 saturated carbocycles. The van der Waals surface area contributed by atoms with Crippen LogP contribution in [0.2, 0.25) is 0 Å². The molecule has 0 spiro atoms. The van der Waals surface area contributed by atoms with E-state index in [0.717, 1.165) is 31.5 Å². The van der Waals surface area contributed by atoms with Crippen molar-refractivity contribution in [3.05, 3.63) is 83.4 Å². The molecule has 0 aromatic heterocycles. The van der Waals surface area contributed by atoms with Gasteiger partial charge < -0.3 is 4.74 Å². The fourth-order valence-corrected chi connectivity index (χ4v) is 5.42. The zero-order chi connectivity index (χ0) is 23.8. The number of unbranched alkanes of at least 4 members (excludes halogenated alkanes) is 2. The van der Waals surface area contributed by atoms with E-state index in [0.29, 0.717) is 0 Å². The summed E-state index contributed by atoms with van der Waals surface area (Å²) in [5.41, 5.74) is 5.73. The highest BCUT2D eigenvalue weighted by atomic mass is 16.5. The lowest BCUT2D eigenvalue weighted by Crippen LogP contribution is -2.14. The molecule has 0 amide bonds. The zero-order valence-corrected chi connectivity index (χ0v) is 21.8. The summed E-state index contributed by atoms with van der Waals surface area (Å²) in [6.07, 6.45) is 20.5. The summed E-state index contributed by atoms with van der Waals surface area (Å²) in [5, 5.41) is 0. The Labute approximate surface area is 210 Å². The van der Waals surface area contributed by atoms with Crippen molar-refractivity contribution < 1.29 is 4.74 Å². The molecule has 0 radical (unpaired) electrons. The Balaban J connectivity index is 1.24. The Morgan fingerprint density at radius 2 is 1.18 bits per heavy atom. The molecule has 0 N–H and O–H groups in total. The van der Waals surface area contributed by atoms with E-state index in [2.05, 4.69) is 68.1 Å². The minimum absolute atomic E-state index is 0.738. The Kier molecular flexibility index (Phi) is 12.5. The van der Waals surface area contributed by atoms with Gasteiger partial charge in [-0.15, -0.1) is 6.58 Å². The first-order valence-corrected chi connectivity index (χ1v) is 14.1. The zero-order valence-electron chi connectivity index (χ0n) is 21.8. The van der Waals surface area contributed by atoms with E-state index in [-0.39, 0.29) is 0 Å². The molecule has 1 nitrogen and oxygen atoms in total. The molecule has 186 valence electrons. The van der Waals surface area contributed by atoms with E-state index in [1.165, 1.54) is 106 Å². The van der Waals surface area contributed by atoms with E-state index >= 15 is 0 Å². The lowest BCUT2D eigenvalue weighted by molar-refractivity contribution is 0.121. The van der Waals surface area contributed by atoms with Gasteiger partial charge in [0.2, 0.25) is 0 Å². The second-order valence-corrected chi connectivity index (χ2v) is 10.5. The fourth-order valence-electron chi connectivity index (χ4n) is 5.42. The first-order chi connectivity index (χ1) is 16.8. The molecule has 0 heterocycles. The summed E-state index contributed by atoms with van der Waals surface area (Å²) >= 11 is 0. The van der Waals surface area contributed by atoms with Crippen LogP contribution in [0.5, 0.6) is 0 Å². The van der Waals surface area contributed by atoms with Crippen molar-refractivity contribution in [3.8, 4) is 0 Å². The van der Waals surface area contributed by atoms with Crippen molar-refractivity contribution in [2.24, 2.45) is 11.8 Å². The van der Waals surface area contributed by atoms with Crippen molar-refractivity contribution in [3.63, 3.8) is 0 Å². The van der Waals surface area contributed by atoms with Crippen LogP contribution in [-0.4, -0.2) is 6.61 Å². The fraction of sp³-hybridized carbons (Fsp3) is 0.576. The van der Waals surface area contributed by atoms with Gasteiger partial charge in [0.25, 0.3) is 0 Å². The Hall–Kier alpha value is -1.86. The molecule has 1 heteroatoms. The molecule has 1 aliphatic carbocycles. The van der Waals surface area contributed by atoms with Crippen molar-refractivity contribution in [1.29, 1.82) is 0 Å². The van der Waals surface area contributed by atoms with Crippen molar-refractivity contribution >= 4 is 0 Å². The maximum atomic E-state index is 5.62. The number of ether oxygens (including phenoxy) is 1. The average molecular weight is 461 g/mol. The van der Waals surface area contributed by atoms with E-state index in [9.17, 15) is 0 Å². The molecule has 1 aliphatic rings. The van der Waals surface area contributed by atoms with Crippen LogP contribution in [-0.2, 0) is 30.6 Å². The van der Waals surface area contributed by atoms with Gasteiger partial charge in [-0.3, -0.25) is 0 Å². The average Bonchev–Trinajstić information content (AvgIpc) is 2.87. The molecule has 34 heavy (non-hydrogen) atoms. The third kappa shape index (κ3) is 10.2. The topological polar surface area (TPSA) is 9.23 Å². The number of rotatable bonds is 16. The van der Waals surface area contributed by atoms with Crippen molar-refractivity contribution in [1.82, 2.24) is 0 Å². The monoisotopic (exact) mass is 460 g/mol. The van der Waals surface area contributed by atoms with Crippen LogP contribution in [0.15, 0.2) is 61.2 Å². The van der Waals surface area contributed by atoms with E-state index in [1.807, 2.05) is 0 Å². The van der Waals surface area contributed by atoms with Crippen LogP contribution >= 0.6 is 0 Å². The number of benzene rings is 2. The van der Waals surface area contributed by atoms with Crippen LogP contribution in [0.3, 0.4) is 0 Å². The summed E-state index contributed by atoms with van der Waals surface area (Å²) in [6, 6.07) is 18.4. The highest BCUT2D eigenvalue weighted by molar-refractivity contribution is 5.23. The van der Waals surface area contributed by atoms with E-state index < -0.39 is 0 Å². The standard InChI is InChI=1S/C33H48O/c1-3-9-28-14-16-29(17-15-28)10-5-6-11-30-18-20-31(21-19-30)12-7-8-13-32-22-24-33(25-23-32)27-34-26-4-2/h3,18-25,28-29H,1,4-17,26-27H2,2H3. The molecule has 2 aromatic carbocycles. The Morgan fingerprint density at radius 1 is 0.706 bits per heavy atom. The van der Waals surface area contributed by atoms with Crippen LogP contribution in [0.25, 0.3) is 0 Å². The van der Waals surface area contributed by atoms with Crippen molar-refractivity contribution in [2.45, 2.75) is 103 Å². The van der Waals surface area contributed by atoms with E-state index in [1.54, 1.807) is 0 Å². The highest BCUT2D eigenvalue weighted by Crippen LogP contribution is 2.33. The summed E-state index contributed by atoms with van der Waals surface area (Å²) in [5.74, 6) is 1.91. The lowest BCUT2D eigenvalue weighted by atomic mass is 9.78. The van der Waals surface area contributed by atoms with Gasteiger partial charge in [-0.25, -0.2) is 0 Å². The van der Waals surface area contributed by atoms with Gasteiger partial charge >= 0.3 is 0 Å². The SMILES string of the molecule is C=CCC1CCC(CCCCc2ccc(CCCCc3ccc(COCCC)cc3)cc2)CC1. The Morgan fingerprint density at radius 3 is 1.68 bits per heavy atom. The van der Waals surface area contributed by atoms with Crippen molar-refractivity contribution in [2.75, 3.05) is 6.61 Å². The van der Waals surface area contributed by atoms with Gasteiger partial charge in [-0.05, 0) is 98.3 Å². The third-order valence-electron chi connectivity index (χ3n) is 7.64. The molecule has 0 saturated heterocycles. The minimum atomic E-state index is 0.738. The number of aryl methyl sites for hydroxylation is 3. The maximum Gasteiger partial charge on any atom is 0.0716 e. The third-order valence-corrected chi connectivity index (χ3v) is 7.64. The van der Waals surface area contributed by atoms with Gasteiger partial charge in [0.15, 0.2) is 0 Å². The molecule has 2 aromatic rings. The largest absolute Gasteiger partial charge is 0.377 e. The summed E-state index contributed by atoms with van der Waals surface area (Å²) in [7, 11) is 0. The predicted molar refractivity (Wildman–Crippen MR) is 147 cm³/mol. The quantitative estimate of drug-likeness (QED) is 0.179. The number of allylic oxidation sites excluding steroid dienone is 1. The van der Waals surface area contributed by atoms with Crippen LogP contribution in [0, 0.1) is 11.8 Å². The predicted octanol–water partition coefficient (Wildman–Crippen LogP) is 9.27. The maximum absolute atomic E-state index is 5.62. The normalized spacial score (nSPS) is 18.1. The van der Waals surface area contributed by atoms with E-state index in [4.69, 9.17) is 4.74 Å². The van der Waals surface area contributed by atoms with Crippen LogP contribution in [0.1, 0.15) is 99.8 Å². The second kappa shape index (κ2) is 15.9. The minimum Gasteiger partial charge on any atom is -0.377 e. The summed E-state index contributed by atoms with van der Waals surface area (Å²) < 4.78 is 5.62. The Bertz CT molecular complexity index is 780. The molecule has 0 bridgehead atoms. The first-order valence-electron chi connectivity index (χ1n) is 14.1. The lowest BCUT2D eigenvalue weighted by Gasteiger charge is -2.27. The van der Waals surface area contributed by atoms with Gasteiger partial charge in [0, 0.05) is 6.61 Å². The summed E-state index contributed by atoms with van der Waals surface area (Å²) in [6.45, 7) is 7.64. The number of hydrogen-bond acceptors (Lipinski definition) is 1. The van der Waals surface area contributed by atoms with Crippen LogP contribution in [0.4, 0.5) is 0 Å². The molecular formula is C33H48O. The molecule has 0 atom stereocenters. The first kappa shape index (κ1) is 26.7. The van der Waals surface area contributed by atoms with Crippen LogP contribution < -0.4 is 0 Å². The molecule has 0 aliphatic heterocycles. The van der Waals surface area contributed by atoms with Gasteiger partial charge in [-0.2, -0.15) is 0 Å². The molecular weight excluding hydrogens is 412 g/mol. The van der Waals surface area contributed by atoms with Gasteiger partial charge in [0.05, 0.1) is 6.61 Å². The number of hydrogen-bond donors (Lipinski definition) is 0. The molecule has 0 unspecified atom stereocenters. The molecule has 1 fully saturated rings. The summed E-state index contributed by atoms with van der Waals surface area (Å²) in [4.78, 5) is 0. The molecule has 3 rings (SSSR count). The van der Waals surface area contributed by atoms with Gasteiger partial charge in [-0.1, -0.05) is 87.2 Å².